The summed E-state index contributed by atoms with van der Waals surface area (Å²) in [6.07, 6.45) is 7.87. The van der Waals surface area contributed by atoms with E-state index in [9.17, 15) is 0 Å². The Morgan fingerprint density at radius 3 is 3.00 bits per heavy atom. The molecule has 1 aliphatic carbocycles. The SMILES string of the molecule is Cc1cnccc1CNC1CCC(C)C1. The number of hydrogen-bond donors (Lipinski definition) is 1. The van der Waals surface area contributed by atoms with E-state index in [0.29, 0.717) is 0 Å². The van der Waals surface area contributed by atoms with Crippen molar-refractivity contribution in [1.82, 2.24) is 10.3 Å². The van der Waals surface area contributed by atoms with Gasteiger partial charge in [-0.3, -0.25) is 4.98 Å². The lowest BCUT2D eigenvalue weighted by molar-refractivity contribution is 0.501. The normalized spacial score (nSPS) is 25.7. The van der Waals surface area contributed by atoms with Gasteiger partial charge in [-0.25, -0.2) is 0 Å². The fraction of sp³-hybridized carbons (Fsp3) is 0.615. The summed E-state index contributed by atoms with van der Waals surface area (Å²) in [6, 6.07) is 2.84. The molecule has 1 aliphatic rings. The molecule has 1 fully saturated rings. The fourth-order valence-electron chi connectivity index (χ4n) is 2.35. The van der Waals surface area contributed by atoms with Crippen molar-refractivity contribution in [3.8, 4) is 0 Å². The predicted molar refractivity (Wildman–Crippen MR) is 62.6 cm³/mol. The Kier molecular flexibility index (Phi) is 3.37. The van der Waals surface area contributed by atoms with E-state index >= 15 is 0 Å². The Hall–Kier alpha value is -0.890. The quantitative estimate of drug-likeness (QED) is 0.818. The summed E-state index contributed by atoms with van der Waals surface area (Å²) >= 11 is 0. The topological polar surface area (TPSA) is 24.9 Å². The second-order valence-corrected chi connectivity index (χ2v) is 4.80. The standard InChI is InChI=1S/C13H20N2/c1-10-3-4-13(7-10)15-9-12-5-6-14-8-11(12)2/h5-6,8,10,13,15H,3-4,7,9H2,1-2H3. The summed E-state index contributed by atoms with van der Waals surface area (Å²) in [4.78, 5) is 4.11. The molecule has 0 aromatic carbocycles. The van der Waals surface area contributed by atoms with Crippen LogP contribution in [0.3, 0.4) is 0 Å². The van der Waals surface area contributed by atoms with Crippen LogP contribution in [0.2, 0.25) is 0 Å². The average molecular weight is 204 g/mol. The van der Waals surface area contributed by atoms with Gasteiger partial charge in [0.1, 0.15) is 0 Å². The van der Waals surface area contributed by atoms with E-state index < -0.39 is 0 Å². The first kappa shape index (κ1) is 10.6. The van der Waals surface area contributed by atoms with E-state index in [1.807, 2.05) is 12.4 Å². The zero-order valence-electron chi connectivity index (χ0n) is 9.66. The number of nitrogens with one attached hydrogen (secondary N) is 1. The van der Waals surface area contributed by atoms with Crippen molar-refractivity contribution in [3.05, 3.63) is 29.6 Å². The molecule has 0 aliphatic heterocycles. The van der Waals surface area contributed by atoms with E-state index in [-0.39, 0.29) is 0 Å². The van der Waals surface area contributed by atoms with Crippen LogP contribution in [0.1, 0.15) is 37.3 Å². The van der Waals surface area contributed by atoms with Gasteiger partial charge in [0.05, 0.1) is 0 Å². The minimum absolute atomic E-state index is 0.729. The Labute approximate surface area is 92.1 Å². The highest BCUT2D eigenvalue weighted by Crippen LogP contribution is 2.24. The van der Waals surface area contributed by atoms with Crippen molar-refractivity contribution >= 4 is 0 Å². The summed E-state index contributed by atoms with van der Waals surface area (Å²) in [5, 5.41) is 3.64. The molecular formula is C13H20N2. The molecule has 0 bridgehead atoms. The molecular weight excluding hydrogens is 184 g/mol. The number of aromatic nitrogens is 1. The van der Waals surface area contributed by atoms with Crippen LogP contribution in [0.4, 0.5) is 0 Å². The summed E-state index contributed by atoms with van der Waals surface area (Å²) in [5.41, 5.74) is 2.67. The van der Waals surface area contributed by atoms with Gasteiger partial charge in [0.25, 0.3) is 0 Å². The van der Waals surface area contributed by atoms with Crippen molar-refractivity contribution in [2.45, 2.75) is 45.7 Å². The Morgan fingerprint density at radius 2 is 2.33 bits per heavy atom. The van der Waals surface area contributed by atoms with Crippen LogP contribution in [0.25, 0.3) is 0 Å². The van der Waals surface area contributed by atoms with Crippen LogP contribution in [-0.4, -0.2) is 11.0 Å². The lowest BCUT2D eigenvalue weighted by Crippen LogP contribution is -2.26. The molecule has 1 saturated carbocycles. The number of rotatable bonds is 3. The van der Waals surface area contributed by atoms with Gasteiger partial charge in [-0.15, -0.1) is 0 Å². The molecule has 82 valence electrons. The first-order valence-electron chi connectivity index (χ1n) is 5.88. The molecule has 1 heterocycles. The van der Waals surface area contributed by atoms with Crippen molar-refractivity contribution in [2.24, 2.45) is 5.92 Å². The third-order valence-electron chi connectivity index (χ3n) is 3.41. The van der Waals surface area contributed by atoms with Crippen LogP contribution >= 0.6 is 0 Å². The van der Waals surface area contributed by atoms with Gasteiger partial charge in [0.2, 0.25) is 0 Å². The number of pyridine rings is 1. The number of nitrogens with zero attached hydrogens (tertiary/aromatic N) is 1. The lowest BCUT2D eigenvalue weighted by Gasteiger charge is -2.13. The zero-order valence-corrected chi connectivity index (χ0v) is 9.66. The highest BCUT2D eigenvalue weighted by atomic mass is 14.9. The summed E-state index contributed by atoms with van der Waals surface area (Å²) < 4.78 is 0. The maximum absolute atomic E-state index is 4.11. The highest BCUT2D eigenvalue weighted by Gasteiger charge is 2.20. The van der Waals surface area contributed by atoms with Crippen LogP contribution in [0.5, 0.6) is 0 Å². The third-order valence-corrected chi connectivity index (χ3v) is 3.41. The molecule has 2 atom stereocenters. The molecule has 0 amide bonds. The van der Waals surface area contributed by atoms with Crippen molar-refractivity contribution in [1.29, 1.82) is 0 Å². The Balaban J connectivity index is 1.86. The van der Waals surface area contributed by atoms with Crippen molar-refractivity contribution in [3.63, 3.8) is 0 Å². The van der Waals surface area contributed by atoms with Gasteiger partial charge in [0, 0.05) is 25.0 Å². The van der Waals surface area contributed by atoms with Crippen molar-refractivity contribution < 1.29 is 0 Å². The van der Waals surface area contributed by atoms with Crippen LogP contribution in [0.15, 0.2) is 18.5 Å². The second kappa shape index (κ2) is 4.75. The minimum atomic E-state index is 0.729. The summed E-state index contributed by atoms with van der Waals surface area (Å²) in [6.45, 7) is 5.46. The molecule has 2 unspecified atom stereocenters. The zero-order chi connectivity index (χ0) is 10.7. The molecule has 2 heteroatoms. The van der Waals surface area contributed by atoms with E-state index in [4.69, 9.17) is 0 Å². The Morgan fingerprint density at radius 1 is 1.47 bits per heavy atom. The van der Waals surface area contributed by atoms with E-state index in [2.05, 4.69) is 30.2 Å². The van der Waals surface area contributed by atoms with Crippen LogP contribution < -0.4 is 5.32 Å². The fourth-order valence-corrected chi connectivity index (χ4v) is 2.35. The predicted octanol–water partition coefficient (Wildman–Crippen LogP) is 2.67. The summed E-state index contributed by atoms with van der Waals surface area (Å²) in [5.74, 6) is 0.904. The second-order valence-electron chi connectivity index (χ2n) is 4.80. The molecule has 1 aromatic rings. The molecule has 2 nitrogen and oxygen atoms in total. The minimum Gasteiger partial charge on any atom is -0.310 e. The first-order chi connectivity index (χ1) is 7.25. The molecule has 1 aromatic heterocycles. The maximum Gasteiger partial charge on any atom is 0.0300 e. The first-order valence-corrected chi connectivity index (χ1v) is 5.88. The van der Waals surface area contributed by atoms with Gasteiger partial charge in [-0.05, 0) is 49.3 Å². The van der Waals surface area contributed by atoms with Crippen LogP contribution in [0, 0.1) is 12.8 Å². The van der Waals surface area contributed by atoms with Gasteiger partial charge in [-0.1, -0.05) is 6.92 Å². The Bertz CT molecular complexity index is 322. The van der Waals surface area contributed by atoms with Gasteiger partial charge in [0.15, 0.2) is 0 Å². The molecule has 2 rings (SSSR count). The lowest BCUT2D eigenvalue weighted by atomic mass is 10.1. The average Bonchev–Trinajstić information content (AvgIpc) is 2.63. The molecule has 0 spiro atoms. The molecule has 0 radical (unpaired) electrons. The smallest absolute Gasteiger partial charge is 0.0300 e. The summed E-state index contributed by atoms with van der Waals surface area (Å²) in [7, 11) is 0. The molecule has 0 saturated heterocycles. The van der Waals surface area contributed by atoms with Gasteiger partial charge in [-0.2, -0.15) is 0 Å². The number of hydrogen-bond acceptors (Lipinski definition) is 2. The van der Waals surface area contributed by atoms with E-state index in [1.165, 1.54) is 30.4 Å². The maximum atomic E-state index is 4.11. The third kappa shape index (κ3) is 2.78. The van der Waals surface area contributed by atoms with E-state index in [1.54, 1.807) is 0 Å². The van der Waals surface area contributed by atoms with E-state index in [0.717, 1.165) is 18.5 Å². The highest BCUT2D eigenvalue weighted by molar-refractivity contribution is 5.21. The number of aryl methyl sites for hydroxylation is 1. The van der Waals surface area contributed by atoms with Gasteiger partial charge < -0.3 is 5.32 Å². The monoisotopic (exact) mass is 204 g/mol. The van der Waals surface area contributed by atoms with Gasteiger partial charge >= 0.3 is 0 Å². The van der Waals surface area contributed by atoms with Crippen molar-refractivity contribution in [2.75, 3.05) is 0 Å². The largest absolute Gasteiger partial charge is 0.310 e. The van der Waals surface area contributed by atoms with Crippen LogP contribution in [-0.2, 0) is 6.54 Å². The molecule has 15 heavy (non-hydrogen) atoms. The molecule has 1 N–H and O–H groups in total.